The van der Waals surface area contributed by atoms with Crippen molar-refractivity contribution in [3.63, 3.8) is 0 Å². The fourth-order valence-electron chi connectivity index (χ4n) is 8.84. The Morgan fingerprint density at radius 3 is 1.75 bits per heavy atom. The van der Waals surface area contributed by atoms with Gasteiger partial charge in [-0.25, -0.2) is 9.97 Å². The summed E-state index contributed by atoms with van der Waals surface area (Å²) in [5, 5.41) is 5.16. The van der Waals surface area contributed by atoms with Gasteiger partial charge in [-0.05, 0) is 91.7 Å². The van der Waals surface area contributed by atoms with E-state index in [1.165, 1.54) is 75.5 Å². The van der Waals surface area contributed by atoms with E-state index in [1.54, 1.807) is 0 Å². The minimum Gasteiger partial charge on any atom is -0.228 e. The van der Waals surface area contributed by atoms with E-state index < -0.39 is 0 Å². The Hall–Kier alpha value is -6.68. The molecule has 1 aliphatic carbocycles. The van der Waals surface area contributed by atoms with Crippen LogP contribution in [0.3, 0.4) is 0 Å². The molecule has 2 heterocycles. The van der Waals surface area contributed by atoms with Crippen molar-refractivity contribution in [2.45, 2.75) is 19.3 Å². The van der Waals surface area contributed by atoms with Crippen molar-refractivity contribution in [2.75, 3.05) is 0 Å². The quantitative estimate of drug-likeness (QED) is 0.176. The first kappa shape index (κ1) is 32.7. The fraction of sp³-hybridized carbons (Fsp3) is 0.0566. The second kappa shape index (κ2) is 12.7. The van der Waals surface area contributed by atoms with Crippen LogP contribution in [0.15, 0.2) is 182 Å². The van der Waals surface area contributed by atoms with Gasteiger partial charge in [-0.2, -0.15) is 0 Å². The second-order valence-electron chi connectivity index (χ2n) is 15.4. The maximum atomic E-state index is 5.24. The van der Waals surface area contributed by atoms with E-state index in [9.17, 15) is 0 Å². The Bertz CT molecular complexity index is 3170. The van der Waals surface area contributed by atoms with Gasteiger partial charge in [-0.15, -0.1) is 11.3 Å². The molecule has 0 amide bonds. The largest absolute Gasteiger partial charge is 0.228 e. The molecule has 56 heavy (non-hydrogen) atoms. The summed E-state index contributed by atoms with van der Waals surface area (Å²) in [5.41, 5.74) is 15.0. The van der Waals surface area contributed by atoms with Gasteiger partial charge in [0.25, 0.3) is 0 Å². The summed E-state index contributed by atoms with van der Waals surface area (Å²) in [6.07, 6.45) is 0. The summed E-state index contributed by atoms with van der Waals surface area (Å²) in [6.45, 7) is 4.72. The van der Waals surface area contributed by atoms with Crippen molar-refractivity contribution < 1.29 is 0 Å². The topological polar surface area (TPSA) is 25.8 Å². The molecule has 0 saturated heterocycles. The Morgan fingerprint density at radius 2 is 0.982 bits per heavy atom. The normalized spacial score (nSPS) is 13.0. The van der Waals surface area contributed by atoms with Crippen LogP contribution < -0.4 is 0 Å². The van der Waals surface area contributed by atoms with E-state index >= 15 is 0 Å². The molecule has 264 valence electrons. The van der Waals surface area contributed by atoms with Gasteiger partial charge in [-0.3, -0.25) is 0 Å². The Morgan fingerprint density at radius 1 is 0.411 bits per heavy atom. The maximum Gasteiger partial charge on any atom is 0.160 e. The summed E-state index contributed by atoms with van der Waals surface area (Å²) in [4.78, 5) is 10.5. The average molecular weight is 733 g/mol. The SMILES string of the molecule is CC1(C)c2cc3ccccc3cc2-c2c(-c3cccc(-c4cc(-c5cccc(-c6cccc7c6sc6ccccc67)c5)nc(-c5ccccc5)n4)c3)cccc21. The van der Waals surface area contributed by atoms with Crippen molar-refractivity contribution in [3.8, 4) is 67.3 Å². The number of hydrogen-bond donors (Lipinski definition) is 0. The number of nitrogens with zero attached hydrogens (tertiary/aromatic N) is 2. The lowest BCUT2D eigenvalue weighted by atomic mass is 9.81. The van der Waals surface area contributed by atoms with E-state index in [4.69, 9.17) is 9.97 Å². The summed E-state index contributed by atoms with van der Waals surface area (Å²) in [6, 6.07) is 65.9. The third-order valence-corrected chi connectivity index (χ3v) is 12.9. The Kier molecular flexibility index (Phi) is 7.42. The molecule has 11 rings (SSSR count). The molecule has 10 aromatic rings. The molecule has 3 heteroatoms. The molecule has 0 radical (unpaired) electrons. The first-order valence-electron chi connectivity index (χ1n) is 19.2. The molecule has 2 aromatic heterocycles. The minimum atomic E-state index is -0.106. The van der Waals surface area contributed by atoms with Crippen LogP contribution in [0.25, 0.3) is 98.2 Å². The highest BCUT2D eigenvalue weighted by Gasteiger charge is 2.37. The summed E-state index contributed by atoms with van der Waals surface area (Å²) in [7, 11) is 0. The summed E-state index contributed by atoms with van der Waals surface area (Å²) < 4.78 is 2.62. The summed E-state index contributed by atoms with van der Waals surface area (Å²) >= 11 is 1.86. The lowest BCUT2D eigenvalue weighted by Crippen LogP contribution is -2.14. The molecule has 0 aliphatic heterocycles. The van der Waals surface area contributed by atoms with Crippen LogP contribution in [0.5, 0.6) is 0 Å². The van der Waals surface area contributed by atoms with Crippen molar-refractivity contribution in [3.05, 3.63) is 193 Å². The van der Waals surface area contributed by atoms with Gasteiger partial charge < -0.3 is 0 Å². The maximum absolute atomic E-state index is 5.24. The molecule has 0 unspecified atom stereocenters. The van der Waals surface area contributed by atoms with Crippen LogP contribution in [-0.2, 0) is 5.41 Å². The molecular formula is C53H36N2S. The Labute approximate surface area is 330 Å². The van der Waals surface area contributed by atoms with Gasteiger partial charge >= 0.3 is 0 Å². The minimum absolute atomic E-state index is 0.106. The van der Waals surface area contributed by atoms with Gasteiger partial charge in [0.05, 0.1) is 11.4 Å². The number of thiophene rings is 1. The van der Waals surface area contributed by atoms with Gasteiger partial charge in [0.15, 0.2) is 5.82 Å². The van der Waals surface area contributed by atoms with E-state index in [1.807, 2.05) is 17.4 Å². The predicted octanol–water partition coefficient (Wildman–Crippen LogP) is 14.6. The molecule has 0 N–H and O–H groups in total. The van der Waals surface area contributed by atoms with Crippen molar-refractivity contribution in [1.82, 2.24) is 9.97 Å². The third-order valence-electron chi connectivity index (χ3n) is 11.7. The molecular weight excluding hydrogens is 697 g/mol. The highest BCUT2D eigenvalue weighted by molar-refractivity contribution is 7.26. The molecule has 0 bridgehead atoms. The van der Waals surface area contributed by atoms with Crippen LogP contribution in [0, 0.1) is 0 Å². The van der Waals surface area contributed by atoms with E-state index in [0.717, 1.165) is 28.1 Å². The molecule has 8 aromatic carbocycles. The molecule has 0 atom stereocenters. The van der Waals surface area contributed by atoms with Gasteiger partial charge in [0.2, 0.25) is 0 Å². The monoisotopic (exact) mass is 732 g/mol. The number of benzene rings is 8. The molecule has 0 saturated carbocycles. The zero-order valence-electron chi connectivity index (χ0n) is 31.1. The lowest BCUT2D eigenvalue weighted by molar-refractivity contribution is 0.661. The molecule has 0 spiro atoms. The van der Waals surface area contributed by atoms with Gasteiger partial charge in [-0.1, -0.05) is 159 Å². The smallest absolute Gasteiger partial charge is 0.160 e. The first-order valence-corrected chi connectivity index (χ1v) is 20.0. The average Bonchev–Trinajstić information content (AvgIpc) is 3.75. The molecule has 0 fully saturated rings. The van der Waals surface area contributed by atoms with E-state index in [2.05, 4.69) is 190 Å². The second-order valence-corrected chi connectivity index (χ2v) is 16.4. The van der Waals surface area contributed by atoms with Crippen LogP contribution in [0.1, 0.15) is 25.0 Å². The standard InChI is InChI=1S/C53H36N2S/c1-53(2)45-26-13-23-40(50(45)44-30-34-16-6-7-17-35(34)31-46(44)53)36-18-10-20-38(28-36)47-32-48(55-52(54-47)33-14-4-3-5-15-33)39-21-11-19-37(29-39)41-24-12-25-43-42-22-8-9-27-49(42)56-51(41)43/h3-32H,1-2H3. The van der Waals surface area contributed by atoms with Crippen molar-refractivity contribution >= 4 is 42.3 Å². The number of aromatic nitrogens is 2. The third kappa shape index (κ3) is 5.23. The molecule has 2 nitrogen and oxygen atoms in total. The number of fused-ring (bicyclic) bond motifs is 7. The number of hydrogen-bond acceptors (Lipinski definition) is 3. The van der Waals surface area contributed by atoms with Gasteiger partial charge in [0, 0.05) is 42.3 Å². The van der Waals surface area contributed by atoms with Gasteiger partial charge in [0.1, 0.15) is 0 Å². The van der Waals surface area contributed by atoms with E-state index in [0.29, 0.717) is 5.82 Å². The van der Waals surface area contributed by atoms with Crippen LogP contribution in [0.4, 0.5) is 0 Å². The lowest BCUT2D eigenvalue weighted by Gasteiger charge is -2.22. The molecule has 1 aliphatic rings. The fourth-order valence-corrected chi connectivity index (χ4v) is 10.1. The first-order chi connectivity index (χ1) is 27.5. The number of rotatable bonds is 5. The Balaban J connectivity index is 1.05. The van der Waals surface area contributed by atoms with Crippen molar-refractivity contribution in [1.29, 1.82) is 0 Å². The zero-order chi connectivity index (χ0) is 37.4. The zero-order valence-corrected chi connectivity index (χ0v) is 31.9. The highest BCUT2D eigenvalue weighted by atomic mass is 32.1. The highest BCUT2D eigenvalue weighted by Crippen LogP contribution is 2.53. The van der Waals surface area contributed by atoms with Crippen LogP contribution in [-0.4, -0.2) is 9.97 Å². The van der Waals surface area contributed by atoms with Crippen LogP contribution in [0.2, 0.25) is 0 Å². The summed E-state index contributed by atoms with van der Waals surface area (Å²) in [5.74, 6) is 0.712. The van der Waals surface area contributed by atoms with Crippen molar-refractivity contribution in [2.24, 2.45) is 0 Å². The van der Waals surface area contributed by atoms with Crippen LogP contribution >= 0.6 is 11.3 Å². The van der Waals surface area contributed by atoms with E-state index in [-0.39, 0.29) is 5.41 Å². The predicted molar refractivity (Wildman–Crippen MR) is 237 cm³/mol.